The molecule has 0 aliphatic heterocycles. The summed E-state index contributed by atoms with van der Waals surface area (Å²) in [6.07, 6.45) is 2.21. The number of carbonyl (C=O) groups excluding carboxylic acids is 1. The van der Waals surface area contributed by atoms with Crippen LogP contribution in [0.1, 0.15) is 16.1 Å². The summed E-state index contributed by atoms with van der Waals surface area (Å²) in [7, 11) is 0. The maximum atomic E-state index is 13.2. The molecule has 1 amide bonds. The van der Waals surface area contributed by atoms with E-state index in [9.17, 15) is 9.18 Å². The molecule has 7 heteroatoms. The molecule has 0 radical (unpaired) electrons. The molecule has 2 aromatic carbocycles. The molecule has 0 spiro atoms. The minimum absolute atomic E-state index is 0.00944. The fourth-order valence-corrected chi connectivity index (χ4v) is 2.48. The molecule has 0 saturated carbocycles. The lowest BCUT2D eigenvalue weighted by Gasteiger charge is -2.08. The number of anilines is 2. The van der Waals surface area contributed by atoms with E-state index in [2.05, 4.69) is 20.6 Å². The van der Waals surface area contributed by atoms with E-state index in [0.29, 0.717) is 12.2 Å². The van der Waals surface area contributed by atoms with Gasteiger partial charge < -0.3 is 10.6 Å². The minimum atomic E-state index is -0.510. The van der Waals surface area contributed by atoms with E-state index in [1.165, 1.54) is 30.5 Å². The molecule has 132 valence electrons. The van der Waals surface area contributed by atoms with Crippen LogP contribution in [0.4, 0.5) is 16.0 Å². The second kappa shape index (κ2) is 8.40. The SMILES string of the molecule is O=C(NCCc1ccccc1)c1ccnc(Nc2ccc(F)c(Cl)c2)n1. The number of benzene rings is 2. The molecular weight excluding hydrogens is 355 g/mol. The van der Waals surface area contributed by atoms with Gasteiger partial charge in [0.15, 0.2) is 0 Å². The zero-order valence-corrected chi connectivity index (χ0v) is 14.5. The number of amides is 1. The Labute approximate surface area is 155 Å². The van der Waals surface area contributed by atoms with Crippen LogP contribution in [0.15, 0.2) is 60.8 Å². The smallest absolute Gasteiger partial charge is 0.270 e. The Morgan fingerprint density at radius 2 is 1.92 bits per heavy atom. The molecule has 0 saturated heterocycles. The normalized spacial score (nSPS) is 10.4. The van der Waals surface area contributed by atoms with Crippen molar-refractivity contribution in [3.05, 3.63) is 82.9 Å². The quantitative estimate of drug-likeness (QED) is 0.688. The first-order chi connectivity index (χ1) is 12.6. The zero-order valence-electron chi connectivity index (χ0n) is 13.7. The lowest BCUT2D eigenvalue weighted by atomic mass is 10.1. The minimum Gasteiger partial charge on any atom is -0.350 e. The summed E-state index contributed by atoms with van der Waals surface area (Å²) in [5, 5.41) is 5.71. The van der Waals surface area contributed by atoms with Gasteiger partial charge in [0.05, 0.1) is 5.02 Å². The molecule has 0 fully saturated rings. The van der Waals surface area contributed by atoms with Gasteiger partial charge in [0.25, 0.3) is 5.91 Å². The predicted octanol–water partition coefficient (Wildman–Crippen LogP) is 3.99. The number of aromatic nitrogens is 2. The van der Waals surface area contributed by atoms with Crippen LogP contribution < -0.4 is 10.6 Å². The first-order valence-corrected chi connectivity index (χ1v) is 8.37. The molecule has 3 aromatic rings. The van der Waals surface area contributed by atoms with E-state index >= 15 is 0 Å². The van der Waals surface area contributed by atoms with E-state index in [-0.39, 0.29) is 22.6 Å². The Bertz CT molecular complexity index is 905. The van der Waals surface area contributed by atoms with Gasteiger partial charge >= 0.3 is 0 Å². The number of hydrogen-bond acceptors (Lipinski definition) is 4. The molecule has 0 aliphatic rings. The maximum absolute atomic E-state index is 13.2. The third kappa shape index (κ3) is 4.77. The summed E-state index contributed by atoms with van der Waals surface area (Å²) < 4.78 is 13.2. The Kier molecular flexibility index (Phi) is 5.76. The van der Waals surface area contributed by atoms with Crippen molar-refractivity contribution in [3.63, 3.8) is 0 Å². The summed E-state index contributed by atoms with van der Waals surface area (Å²) >= 11 is 5.75. The average molecular weight is 371 g/mol. The van der Waals surface area contributed by atoms with E-state index in [1.54, 1.807) is 0 Å². The first kappa shape index (κ1) is 17.8. The van der Waals surface area contributed by atoms with Gasteiger partial charge in [0, 0.05) is 18.4 Å². The number of hydrogen-bond donors (Lipinski definition) is 2. The number of halogens is 2. The molecular formula is C19H16ClFN4O. The summed E-state index contributed by atoms with van der Waals surface area (Å²) in [6, 6.07) is 15.6. The van der Waals surface area contributed by atoms with Crippen molar-refractivity contribution in [1.29, 1.82) is 0 Å². The van der Waals surface area contributed by atoms with Gasteiger partial charge in [0.2, 0.25) is 5.95 Å². The van der Waals surface area contributed by atoms with E-state index < -0.39 is 5.82 Å². The van der Waals surface area contributed by atoms with Crippen molar-refractivity contribution >= 4 is 29.1 Å². The summed E-state index contributed by atoms with van der Waals surface area (Å²) in [4.78, 5) is 20.5. The van der Waals surface area contributed by atoms with Crippen LogP contribution in [-0.2, 0) is 6.42 Å². The topological polar surface area (TPSA) is 66.9 Å². The molecule has 0 bridgehead atoms. The Morgan fingerprint density at radius 3 is 2.69 bits per heavy atom. The fraction of sp³-hybridized carbons (Fsp3) is 0.105. The van der Waals surface area contributed by atoms with Crippen molar-refractivity contribution in [2.45, 2.75) is 6.42 Å². The molecule has 26 heavy (non-hydrogen) atoms. The van der Waals surface area contributed by atoms with E-state index in [4.69, 9.17) is 11.6 Å². The average Bonchev–Trinajstić information content (AvgIpc) is 2.66. The van der Waals surface area contributed by atoms with Crippen molar-refractivity contribution in [2.24, 2.45) is 0 Å². The standard InChI is InChI=1S/C19H16ClFN4O/c20-15-12-14(6-7-16(15)21)24-19-23-11-9-17(25-19)18(26)22-10-8-13-4-2-1-3-5-13/h1-7,9,11-12H,8,10H2,(H,22,26)(H,23,24,25). The van der Waals surface area contributed by atoms with Gasteiger partial charge in [-0.3, -0.25) is 4.79 Å². The highest BCUT2D eigenvalue weighted by Gasteiger charge is 2.09. The third-order valence-electron chi connectivity index (χ3n) is 3.61. The van der Waals surface area contributed by atoms with Crippen LogP contribution in [0.5, 0.6) is 0 Å². The van der Waals surface area contributed by atoms with Crippen molar-refractivity contribution < 1.29 is 9.18 Å². The van der Waals surface area contributed by atoms with Crippen LogP contribution in [0.25, 0.3) is 0 Å². The molecule has 0 aliphatic carbocycles. The Balaban J connectivity index is 1.60. The third-order valence-corrected chi connectivity index (χ3v) is 3.90. The molecule has 1 aromatic heterocycles. The Hall–Kier alpha value is -2.99. The molecule has 0 atom stereocenters. The van der Waals surface area contributed by atoms with Crippen LogP contribution >= 0.6 is 11.6 Å². The second-order valence-corrected chi connectivity index (χ2v) is 5.92. The van der Waals surface area contributed by atoms with Crippen LogP contribution in [0.2, 0.25) is 5.02 Å². The van der Waals surface area contributed by atoms with Gasteiger partial charge in [-0.05, 0) is 36.2 Å². The van der Waals surface area contributed by atoms with Gasteiger partial charge in [-0.15, -0.1) is 0 Å². The highest BCUT2D eigenvalue weighted by atomic mass is 35.5. The fourth-order valence-electron chi connectivity index (χ4n) is 2.30. The largest absolute Gasteiger partial charge is 0.350 e. The van der Waals surface area contributed by atoms with Crippen LogP contribution in [0, 0.1) is 5.82 Å². The first-order valence-electron chi connectivity index (χ1n) is 7.99. The van der Waals surface area contributed by atoms with Crippen molar-refractivity contribution in [3.8, 4) is 0 Å². The highest BCUT2D eigenvalue weighted by molar-refractivity contribution is 6.31. The number of nitrogens with one attached hydrogen (secondary N) is 2. The molecule has 3 rings (SSSR count). The highest BCUT2D eigenvalue weighted by Crippen LogP contribution is 2.21. The van der Waals surface area contributed by atoms with Gasteiger partial charge in [0.1, 0.15) is 11.5 Å². The summed E-state index contributed by atoms with van der Waals surface area (Å²) in [5.41, 5.74) is 1.91. The predicted molar refractivity (Wildman–Crippen MR) is 99.2 cm³/mol. The van der Waals surface area contributed by atoms with E-state index in [1.807, 2.05) is 30.3 Å². The summed E-state index contributed by atoms with van der Waals surface area (Å²) in [5.74, 6) is -0.573. The van der Waals surface area contributed by atoms with Gasteiger partial charge in [-0.1, -0.05) is 41.9 Å². The molecule has 0 unspecified atom stereocenters. The Morgan fingerprint density at radius 1 is 1.12 bits per heavy atom. The summed E-state index contributed by atoms with van der Waals surface area (Å²) in [6.45, 7) is 0.503. The molecule has 1 heterocycles. The number of carbonyl (C=O) groups is 1. The number of nitrogens with zero attached hydrogens (tertiary/aromatic N) is 2. The maximum Gasteiger partial charge on any atom is 0.270 e. The van der Waals surface area contributed by atoms with Crippen molar-refractivity contribution in [2.75, 3.05) is 11.9 Å². The lowest BCUT2D eigenvalue weighted by Crippen LogP contribution is -2.26. The second-order valence-electron chi connectivity index (χ2n) is 5.51. The molecule has 5 nitrogen and oxygen atoms in total. The monoisotopic (exact) mass is 370 g/mol. The van der Waals surface area contributed by atoms with Crippen LogP contribution in [0.3, 0.4) is 0 Å². The lowest BCUT2D eigenvalue weighted by molar-refractivity contribution is 0.0949. The van der Waals surface area contributed by atoms with Crippen molar-refractivity contribution in [1.82, 2.24) is 15.3 Å². The number of rotatable bonds is 6. The molecule has 2 N–H and O–H groups in total. The van der Waals surface area contributed by atoms with Crippen LogP contribution in [-0.4, -0.2) is 22.4 Å². The van der Waals surface area contributed by atoms with Gasteiger partial charge in [-0.2, -0.15) is 0 Å². The van der Waals surface area contributed by atoms with Gasteiger partial charge in [-0.25, -0.2) is 14.4 Å². The zero-order chi connectivity index (χ0) is 18.4. The van der Waals surface area contributed by atoms with E-state index in [0.717, 1.165) is 12.0 Å².